The third-order valence-electron chi connectivity index (χ3n) is 4.81. The summed E-state index contributed by atoms with van der Waals surface area (Å²) in [5, 5.41) is 23.2. The molecule has 2 rings (SSSR count). The molecular formula is C19H26Cl2N2O4. The standard InChI is InChI=1S/C19H26Cl2N2O4/c1-19(2,3)16(25)8-11(10-24)22-17(26)13-6-7-23(18(13)27)12-4-5-14(20)15(21)9-12/h4-5,9,11,13,16,24-25H,6-8,10H2,1-3H3,(H,22,26)/t11-,13-,16+/m0/s1. The van der Waals surface area contributed by atoms with Crippen LogP contribution in [0.2, 0.25) is 10.0 Å². The molecular weight excluding hydrogens is 391 g/mol. The van der Waals surface area contributed by atoms with E-state index in [1.54, 1.807) is 18.2 Å². The Morgan fingerprint density at radius 2 is 2.00 bits per heavy atom. The van der Waals surface area contributed by atoms with Gasteiger partial charge in [-0.2, -0.15) is 0 Å². The molecule has 8 heteroatoms. The number of rotatable bonds is 6. The van der Waals surface area contributed by atoms with Crippen LogP contribution >= 0.6 is 23.2 Å². The minimum Gasteiger partial charge on any atom is -0.394 e. The largest absolute Gasteiger partial charge is 0.394 e. The summed E-state index contributed by atoms with van der Waals surface area (Å²) in [6.07, 6.45) is -0.115. The maximum atomic E-state index is 12.7. The van der Waals surface area contributed by atoms with Crippen LogP contribution in [0, 0.1) is 11.3 Å². The lowest BCUT2D eigenvalue weighted by atomic mass is 9.85. The van der Waals surface area contributed by atoms with E-state index in [0.29, 0.717) is 28.7 Å². The summed E-state index contributed by atoms with van der Waals surface area (Å²) >= 11 is 11.9. The van der Waals surface area contributed by atoms with Gasteiger partial charge in [0.25, 0.3) is 0 Å². The minimum atomic E-state index is -0.833. The predicted molar refractivity (Wildman–Crippen MR) is 106 cm³/mol. The summed E-state index contributed by atoms with van der Waals surface area (Å²) in [7, 11) is 0. The van der Waals surface area contributed by atoms with Crippen LogP contribution < -0.4 is 10.2 Å². The highest BCUT2D eigenvalue weighted by atomic mass is 35.5. The number of anilines is 1. The van der Waals surface area contributed by atoms with Crippen LogP contribution in [0.3, 0.4) is 0 Å². The molecule has 1 heterocycles. The van der Waals surface area contributed by atoms with Gasteiger partial charge in [-0.25, -0.2) is 0 Å². The summed E-state index contributed by atoms with van der Waals surface area (Å²) in [5.74, 6) is -1.60. The molecule has 1 aromatic carbocycles. The maximum absolute atomic E-state index is 12.7. The second kappa shape index (κ2) is 8.78. The third-order valence-corrected chi connectivity index (χ3v) is 5.55. The quantitative estimate of drug-likeness (QED) is 0.621. The maximum Gasteiger partial charge on any atom is 0.239 e. The van der Waals surface area contributed by atoms with Gasteiger partial charge >= 0.3 is 0 Å². The Hall–Kier alpha value is -1.34. The summed E-state index contributed by atoms with van der Waals surface area (Å²) in [5.41, 5.74) is 0.220. The van der Waals surface area contributed by atoms with Crippen LogP contribution in [0.4, 0.5) is 5.69 Å². The summed E-state index contributed by atoms with van der Waals surface area (Å²) < 4.78 is 0. The first kappa shape index (κ1) is 22.0. The molecule has 6 nitrogen and oxygen atoms in total. The first-order valence-electron chi connectivity index (χ1n) is 8.90. The number of amides is 2. The molecule has 0 spiro atoms. The van der Waals surface area contributed by atoms with E-state index in [9.17, 15) is 19.8 Å². The number of aliphatic hydroxyl groups is 2. The summed E-state index contributed by atoms with van der Waals surface area (Å²) in [6, 6.07) is 4.27. The fourth-order valence-electron chi connectivity index (χ4n) is 2.94. The average molecular weight is 417 g/mol. The molecule has 2 amide bonds. The molecule has 0 aromatic heterocycles. The molecule has 150 valence electrons. The Balaban J connectivity index is 2.02. The first-order valence-corrected chi connectivity index (χ1v) is 9.66. The Bertz CT molecular complexity index is 705. The van der Waals surface area contributed by atoms with Crippen LogP contribution in [0.15, 0.2) is 18.2 Å². The number of hydrogen-bond acceptors (Lipinski definition) is 4. The van der Waals surface area contributed by atoms with Crippen molar-refractivity contribution in [3.63, 3.8) is 0 Å². The molecule has 1 aliphatic heterocycles. The molecule has 0 radical (unpaired) electrons. The van der Waals surface area contributed by atoms with Crippen LogP contribution in [-0.2, 0) is 9.59 Å². The van der Waals surface area contributed by atoms with E-state index in [-0.39, 0.29) is 24.3 Å². The lowest BCUT2D eigenvalue weighted by Gasteiger charge is -2.29. The smallest absolute Gasteiger partial charge is 0.239 e. The highest BCUT2D eigenvalue weighted by molar-refractivity contribution is 6.42. The van der Waals surface area contributed by atoms with Gasteiger partial charge in [-0.1, -0.05) is 44.0 Å². The second-order valence-electron chi connectivity index (χ2n) is 7.94. The molecule has 3 atom stereocenters. The SMILES string of the molecule is CC(C)(C)[C@H](O)C[C@@H](CO)NC(=O)[C@@H]1CCN(c2ccc(Cl)c(Cl)c2)C1=O. The lowest BCUT2D eigenvalue weighted by molar-refractivity contribution is -0.133. The third kappa shape index (κ3) is 5.35. The Kier molecular flexibility index (Phi) is 7.14. The minimum absolute atomic E-state index is 0.211. The summed E-state index contributed by atoms with van der Waals surface area (Å²) in [6.45, 7) is 5.72. The monoisotopic (exact) mass is 416 g/mol. The fraction of sp³-hybridized carbons (Fsp3) is 0.579. The Morgan fingerprint density at radius 1 is 1.33 bits per heavy atom. The van der Waals surface area contributed by atoms with E-state index >= 15 is 0 Å². The number of aliphatic hydroxyl groups excluding tert-OH is 2. The van der Waals surface area contributed by atoms with Gasteiger partial charge in [-0.3, -0.25) is 9.59 Å². The van der Waals surface area contributed by atoms with Crippen molar-refractivity contribution in [2.75, 3.05) is 18.1 Å². The van der Waals surface area contributed by atoms with E-state index < -0.39 is 24.0 Å². The van der Waals surface area contributed by atoms with E-state index in [1.807, 2.05) is 20.8 Å². The van der Waals surface area contributed by atoms with Gasteiger partial charge in [0, 0.05) is 12.2 Å². The van der Waals surface area contributed by atoms with Crippen LogP contribution in [0.5, 0.6) is 0 Å². The molecule has 0 bridgehead atoms. The van der Waals surface area contributed by atoms with Crippen molar-refractivity contribution in [2.24, 2.45) is 11.3 Å². The number of carbonyl (C=O) groups excluding carboxylic acids is 2. The Labute approximate surface area is 169 Å². The van der Waals surface area contributed by atoms with Gasteiger partial charge in [0.1, 0.15) is 5.92 Å². The molecule has 3 N–H and O–H groups in total. The van der Waals surface area contributed by atoms with Crippen molar-refractivity contribution in [1.82, 2.24) is 5.32 Å². The van der Waals surface area contributed by atoms with Crippen LogP contribution in [0.1, 0.15) is 33.6 Å². The first-order chi connectivity index (χ1) is 12.5. The fourth-order valence-corrected chi connectivity index (χ4v) is 3.23. The number of nitrogens with zero attached hydrogens (tertiary/aromatic N) is 1. The molecule has 1 fully saturated rings. The van der Waals surface area contributed by atoms with Crippen LogP contribution in [-0.4, -0.2) is 47.3 Å². The van der Waals surface area contributed by atoms with Crippen LogP contribution in [0.25, 0.3) is 0 Å². The topological polar surface area (TPSA) is 89.9 Å². The molecule has 1 aromatic rings. The normalized spacial score (nSPS) is 19.9. The molecule has 0 saturated carbocycles. The van der Waals surface area contributed by atoms with E-state index in [4.69, 9.17) is 23.2 Å². The van der Waals surface area contributed by atoms with E-state index in [1.165, 1.54) is 4.90 Å². The van der Waals surface area contributed by atoms with Gasteiger partial charge in [0.2, 0.25) is 11.8 Å². The Morgan fingerprint density at radius 3 is 2.56 bits per heavy atom. The van der Waals surface area contributed by atoms with Crippen molar-refractivity contribution >= 4 is 40.7 Å². The highest BCUT2D eigenvalue weighted by Gasteiger charge is 2.38. The number of halogens is 2. The van der Waals surface area contributed by atoms with Gasteiger partial charge in [-0.15, -0.1) is 0 Å². The second-order valence-corrected chi connectivity index (χ2v) is 8.75. The molecule has 1 saturated heterocycles. The zero-order valence-electron chi connectivity index (χ0n) is 15.7. The van der Waals surface area contributed by atoms with E-state index in [2.05, 4.69) is 5.32 Å². The number of carbonyl (C=O) groups is 2. The van der Waals surface area contributed by atoms with Gasteiger partial charge in [0.05, 0.1) is 28.8 Å². The average Bonchev–Trinajstić information content (AvgIpc) is 2.97. The molecule has 27 heavy (non-hydrogen) atoms. The zero-order chi connectivity index (χ0) is 20.4. The molecule has 0 aliphatic carbocycles. The van der Waals surface area contributed by atoms with Crippen molar-refractivity contribution in [3.8, 4) is 0 Å². The number of benzene rings is 1. The number of nitrogens with one attached hydrogen (secondary N) is 1. The molecule has 1 aliphatic rings. The van der Waals surface area contributed by atoms with Crippen molar-refractivity contribution in [2.45, 2.75) is 45.8 Å². The van der Waals surface area contributed by atoms with E-state index in [0.717, 1.165) is 0 Å². The summed E-state index contributed by atoms with van der Waals surface area (Å²) in [4.78, 5) is 26.7. The van der Waals surface area contributed by atoms with Crippen molar-refractivity contribution in [1.29, 1.82) is 0 Å². The highest BCUT2D eigenvalue weighted by Crippen LogP contribution is 2.31. The van der Waals surface area contributed by atoms with Gasteiger partial charge < -0.3 is 20.4 Å². The predicted octanol–water partition coefficient (Wildman–Crippen LogP) is 2.62. The van der Waals surface area contributed by atoms with Gasteiger partial charge in [0.15, 0.2) is 0 Å². The molecule has 0 unspecified atom stereocenters. The zero-order valence-corrected chi connectivity index (χ0v) is 17.2. The lowest BCUT2D eigenvalue weighted by Crippen LogP contribution is -2.46. The van der Waals surface area contributed by atoms with Gasteiger partial charge in [-0.05, 0) is 36.5 Å². The van der Waals surface area contributed by atoms with Crippen molar-refractivity contribution in [3.05, 3.63) is 28.2 Å². The van der Waals surface area contributed by atoms with Crippen molar-refractivity contribution < 1.29 is 19.8 Å². The number of hydrogen-bond donors (Lipinski definition) is 3.